The number of alkyl halides is 3. The van der Waals surface area contributed by atoms with Gasteiger partial charge in [0.15, 0.2) is 6.10 Å². The largest absolute Gasteiger partial charge is 0.522 e. The first-order valence-corrected chi connectivity index (χ1v) is 10.9. The molecule has 11 heteroatoms. The predicted molar refractivity (Wildman–Crippen MR) is 105 cm³/mol. The summed E-state index contributed by atoms with van der Waals surface area (Å²) in [5.74, 6) is -0.647. The highest BCUT2D eigenvalue weighted by Crippen LogP contribution is 2.60. The van der Waals surface area contributed by atoms with Crippen LogP contribution in [0, 0.1) is 5.92 Å². The summed E-state index contributed by atoms with van der Waals surface area (Å²) in [4.78, 5) is 25.1. The average Bonchev–Trinajstić information content (AvgIpc) is 2.61. The summed E-state index contributed by atoms with van der Waals surface area (Å²) in [7, 11) is 0. The minimum atomic E-state index is -4.68. The molecule has 4 saturated carbocycles. The zero-order chi connectivity index (χ0) is 22.9. The van der Waals surface area contributed by atoms with Crippen LogP contribution in [0.3, 0.4) is 0 Å². The molecule has 0 unspecified atom stereocenters. The number of hydrogen-bond donors (Lipinski definition) is 3. The van der Waals surface area contributed by atoms with Gasteiger partial charge in [-0.1, -0.05) is 11.6 Å². The number of carbonyl (C=O) groups excluding carboxylic acids is 2. The fourth-order valence-electron chi connectivity index (χ4n) is 5.40. The van der Waals surface area contributed by atoms with Crippen molar-refractivity contribution in [2.45, 2.75) is 74.3 Å². The lowest BCUT2D eigenvalue weighted by atomic mass is 9.44. The molecular weight excluding hydrogens is 453 g/mol. The second kappa shape index (κ2) is 7.23. The standard InChI is InChI=1S/C21H22ClF3N2O5/c22-11-1-2-15-13(5-11)14(28)6-16(31-15)18(30)27-20-7-19(8-20,9-20)26-17(29)10-3-12(4-10)32-21(23,24)25/h1-2,5,10,12,14,16,28H,3-4,6-9H2,(H,26,29)(H,27,30)/t10-,12+,14-,16-,19?,20?/m1/s1. The number of hydrogen-bond acceptors (Lipinski definition) is 5. The average molecular weight is 475 g/mol. The van der Waals surface area contributed by atoms with Gasteiger partial charge in [0, 0.05) is 34.0 Å². The van der Waals surface area contributed by atoms with Crippen LogP contribution < -0.4 is 15.4 Å². The molecule has 0 aromatic heterocycles. The lowest BCUT2D eigenvalue weighted by molar-refractivity contribution is -0.353. The van der Waals surface area contributed by atoms with E-state index in [1.54, 1.807) is 18.2 Å². The van der Waals surface area contributed by atoms with Gasteiger partial charge < -0.3 is 20.5 Å². The summed E-state index contributed by atoms with van der Waals surface area (Å²) in [5, 5.41) is 16.7. The van der Waals surface area contributed by atoms with E-state index in [4.69, 9.17) is 16.3 Å². The van der Waals surface area contributed by atoms with Crippen molar-refractivity contribution >= 4 is 23.4 Å². The Kier molecular flexibility index (Phi) is 4.92. The van der Waals surface area contributed by atoms with Crippen LogP contribution in [-0.2, 0) is 14.3 Å². The molecule has 7 nitrogen and oxygen atoms in total. The Hall–Kier alpha value is -2.04. The molecule has 174 valence electrons. The quantitative estimate of drug-likeness (QED) is 0.610. The highest BCUT2D eigenvalue weighted by molar-refractivity contribution is 6.30. The molecular formula is C21H22ClF3N2O5. The molecule has 0 saturated heterocycles. The Morgan fingerprint density at radius 2 is 1.72 bits per heavy atom. The molecule has 1 aromatic carbocycles. The first-order chi connectivity index (χ1) is 14.9. The predicted octanol–water partition coefficient (Wildman–Crippen LogP) is 2.75. The van der Waals surface area contributed by atoms with Gasteiger partial charge in [0.25, 0.3) is 5.91 Å². The van der Waals surface area contributed by atoms with Crippen molar-refractivity contribution in [3.05, 3.63) is 28.8 Å². The van der Waals surface area contributed by atoms with E-state index in [-0.39, 0.29) is 31.1 Å². The van der Waals surface area contributed by atoms with Crippen LogP contribution >= 0.6 is 11.6 Å². The van der Waals surface area contributed by atoms with Crippen LogP contribution in [-0.4, -0.2) is 46.6 Å². The van der Waals surface area contributed by atoms with Crippen LogP contribution in [0.2, 0.25) is 5.02 Å². The summed E-state index contributed by atoms with van der Waals surface area (Å²) < 4.78 is 46.3. The van der Waals surface area contributed by atoms with Gasteiger partial charge in [0.2, 0.25) is 5.91 Å². The summed E-state index contributed by atoms with van der Waals surface area (Å²) in [6.45, 7) is 0. The number of nitrogens with one attached hydrogen (secondary N) is 2. The van der Waals surface area contributed by atoms with Gasteiger partial charge in [-0.05, 0) is 50.3 Å². The van der Waals surface area contributed by atoms with E-state index in [0.29, 0.717) is 35.6 Å². The van der Waals surface area contributed by atoms with Gasteiger partial charge in [-0.3, -0.25) is 14.3 Å². The maximum atomic E-state index is 12.7. The van der Waals surface area contributed by atoms with E-state index < -0.39 is 41.7 Å². The van der Waals surface area contributed by atoms with Crippen molar-refractivity contribution in [2.75, 3.05) is 0 Å². The summed E-state index contributed by atoms with van der Waals surface area (Å²) in [6, 6.07) is 4.86. The summed E-state index contributed by atoms with van der Waals surface area (Å²) in [5.41, 5.74) is -0.274. The number of aliphatic hydroxyl groups excluding tert-OH is 1. The van der Waals surface area contributed by atoms with Gasteiger partial charge in [0.05, 0.1) is 12.2 Å². The molecule has 1 heterocycles. The Labute approximate surface area is 186 Å². The molecule has 1 aliphatic heterocycles. The number of fused-ring (bicyclic) bond motifs is 1. The first kappa shape index (κ1) is 21.8. The zero-order valence-corrected chi connectivity index (χ0v) is 17.6. The van der Waals surface area contributed by atoms with E-state index in [9.17, 15) is 27.9 Å². The topological polar surface area (TPSA) is 96.9 Å². The molecule has 6 rings (SSSR count). The molecule has 0 radical (unpaired) electrons. The molecule has 2 bridgehead atoms. The number of rotatable bonds is 5. The van der Waals surface area contributed by atoms with Crippen molar-refractivity contribution < 1.29 is 37.3 Å². The monoisotopic (exact) mass is 474 g/mol. The lowest BCUT2D eigenvalue weighted by Gasteiger charge is -2.70. The van der Waals surface area contributed by atoms with Crippen molar-refractivity contribution in [3.8, 4) is 5.75 Å². The highest BCUT2D eigenvalue weighted by atomic mass is 35.5. The molecule has 4 fully saturated rings. The van der Waals surface area contributed by atoms with E-state index in [2.05, 4.69) is 15.4 Å². The molecule has 0 spiro atoms. The van der Waals surface area contributed by atoms with Gasteiger partial charge >= 0.3 is 6.36 Å². The fraction of sp³-hybridized carbons (Fsp3) is 0.619. The molecule has 2 atom stereocenters. The molecule has 4 aliphatic carbocycles. The van der Waals surface area contributed by atoms with Crippen molar-refractivity contribution in [1.82, 2.24) is 10.6 Å². The van der Waals surface area contributed by atoms with E-state index in [0.717, 1.165) is 0 Å². The molecule has 3 N–H and O–H groups in total. The maximum Gasteiger partial charge on any atom is 0.522 e. The van der Waals surface area contributed by atoms with Gasteiger partial charge in [0.1, 0.15) is 5.75 Å². The molecule has 32 heavy (non-hydrogen) atoms. The smallest absolute Gasteiger partial charge is 0.480 e. The zero-order valence-electron chi connectivity index (χ0n) is 16.9. The van der Waals surface area contributed by atoms with Crippen molar-refractivity contribution in [1.29, 1.82) is 0 Å². The fourth-order valence-corrected chi connectivity index (χ4v) is 5.58. The number of benzene rings is 1. The van der Waals surface area contributed by atoms with Crippen LogP contribution in [0.5, 0.6) is 5.75 Å². The van der Waals surface area contributed by atoms with Crippen molar-refractivity contribution in [3.63, 3.8) is 0 Å². The van der Waals surface area contributed by atoms with Gasteiger partial charge in [-0.15, -0.1) is 13.2 Å². The third-order valence-electron chi connectivity index (χ3n) is 6.90. The van der Waals surface area contributed by atoms with Crippen LogP contribution in [0.4, 0.5) is 13.2 Å². The first-order valence-electron chi connectivity index (χ1n) is 10.5. The Bertz CT molecular complexity index is 945. The molecule has 2 amide bonds. The minimum absolute atomic E-state index is 0.0529. The van der Waals surface area contributed by atoms with E-state index >= 15 is 0 Å². The lowest BCUT2D eigenvalue weighted by Crippen LogP contribution is -2.84. The van der Waals surface area contributed by atoms with Crippen LogP contribution in [0.15, 0.2) is 18.2 Å². The summed E-state index contributed by atoms with van der Waals surface area (Å²) >= 11 is 5.95. The molecule has 1 aromatic rings. The van der Waals surface area contributed by atoms with Crippen LogP contribution in [0.25, 0.3) is 0 Å². The van der Waals surface area contributed by atoms with Gasteiger partial charge in [-0.2, -0.15) is 0 Å². The van der Waals surface area contributed by atoms with Crippen LogP contribution in [0.1, 0.15) is 50.2 Å². The number of halogens is 4. The molecule has 5 aliphatic rings. The number of amides is 2. The SMILES string of the molecule is O=C(NC12CC(NC(=O)[C@H]3C[C@@H](OC(F)(F)F)C3)(C1)C2)[C@H]1C[C@@H](O)c2cc(Cl)ccc2O1. The normalized spacial score (nSPS) is 37.0. The second-order valence-electron chi connectivity index (χ2n) is 9.46. The van der Waals surface area contributed by atoms with Crippen molar-refractivity contribution in [2.24, 2.45) is 5.92 Å². The highest BCUT2D eigenvalue weighted by Gasteiger charge is 2.69. The Balaban J connectivity index is 1.09. The maximum absolute atomic E-state index is 12.7. The summed E-state index contributed by atoms with van der Waals surface area (Å²) in [6.07, 6.45) is -5.43. The Morgan fingerprint density at radius 1 is 1.09 bits per heavy atom. The third-order valence-corrected chi connectivity index (χ3v) is 7.14. The van der Waals surface area contributed by atoms with E-state index in [1.807, 2.05) is 0 Å². The number of ether oxygens (including phenoxy) is 2. The minimum Gasteiger partial charge on any atom is -0.480 e. The van der Waals surface area contributed by atoms with Gasteiger partial charge in [-0.25, -0.2) is 0 Å². The second-order valence-corrected chi connectivity index (χ2v) is 9.90. The Morgan fingerprint density at radius 3 is 2.34 bits per heavy atom. The number of carbonyl (C=O) groups is 2. The third kappa shape index (κ3) is 3.92. The number of aliphatic hydroxyl groups is 1. The van der Waals surface area contributed by atoms with E-state index in [1.165, 1.54) is 0 Å².